The number of rotatable bonds is 0. The minimum Gasteiger partial charge on any atom is -0.258 e. The topological polar surface area (TPSA) is 12.9 Å². The third-order valence-electron chi connectivity index (χ3n) is 2.16. The van der Waals surface area contributed by atoms with Crippen molar-refractivity contribution in [2.24, 2.45) is 0 Å². The van der Waals surface area contributed by atoms with Crippen LogP contribution in [-0.2, 0) is 6.42 Å². The van der Waals surface area contributed by atoms with Gasteiger partial charge in [-0.15, -0.1) is 0 Å². The van der Waals surface area contributed by atoms with E-state index in [2.05, 4.69) is 23.7 Å². The summed E-state index contributed by atoms with van der Waals surface area (Å²) in [6, 6.07) is 4.18. The lowest BCUT2D eigenvalue weighted by atomic mass is 10.1. The standard InChI is InChI=1S/C10H11N/c1-7-3-6-10-9(7)5-4-8(2)11-10/h4-5H,1,3,6H2,2H3. The molecule has 0 saturated heterocycles. The Morgan fingerprint density at radius 1 is 1.36 bits per heavy atom. The molecule has 0 aliphatic heterocycles. The Morgan fingerprint density at radius 2 is 2.18 bits per heavy atom. The molecule has 1 aliphatic rings. The molecule has 1 heterocycles. The first-order valence-electron chi connectivity index (χ1n) is 3.92. The maximum absolute atomic E-state index is 4.44. The Balaban J connectivity index is 2.59. The third-order valence-corrected chi connectivity index (χ3v) is 2.16. The molecule has 1 aromatic rings. The van der Waals surface area contributed by atoms with Gasteiger partial charge in [0.05, 0.1) is 0 Å². The molecule has 1 aromatic heterocycles. The molecule has 0 aromatic carbocycles. The zero-order valence-corrected chi connectivity index (χ0v) is 6.72. The van der Waals surface area contributed by atoms with Crippen LogP contribution < -0.4 is 0 Å². The van der Waals surface area contributed by atoms with Gasteiger partial charge in [0.2, 0.25) is 0 Å². The summed E-state index contributed by atoms with van der Waals surface area (Å²) >= 11 is 0. The van der Waals surface area contributed by atoms with Crippen molar-refractivity contribution in [3.63, 3.8) is 0 Å². The van der Waals surface area contributed by atoms with Crippen LogP contribution in [0.3, 0.4) is 0 Å². The van der Waals surface area contributed by atoms with Gasteiger partial charge in [0, 0.05) is 11.4 Å². The summed E-state index contributed by atoms with van der Waals surface area (Å²) in [5.41, 5.74) is 4.86. The molecule has 0 N–H and O–H groups in total. The first kappa shape index (κ1) is 6.59. The van der Waals surface area contributed by atoms with Gasteiger partial charge in [0.1, 0.15) is 0 Å². The number of fused-ring (bicyclic) bond motifs is 1. The fourth-order valence-corrected chi connectivity index (χ4v) is 1.53. The van der Waals surface area contributed by atoms with Crippen LogP contribution in [0.1, 0.15) is 23.4 Å². The van der Waals surface area contributed by atoms with Crippen LogP contribution in [0.15, 0.2) is 18.7 Å². The fraction of sp³-hybridized carbons (Fsp3) is 0.300. The van der Waals surface area contributed by atoms with Crippen molar-refractivity contribution in [1.29, 1.82) is 0 Å². The lowest BCUT2D eigenvalue weighted by molar-refractivity contribution is 0.992. The van der Waals surface area contributed by atoms with Crippen molar-refractivity contribution in [2.45, 2.75) is 19.8 Å². The summed E-state index contributed by atoms with van der Waals surface area (Å²) in [6.45, 7) is 6.01. The van der Waals surface area contributed by atoms with Gasteiger partial charge in [-0.1, -0.05) is 12.6 Å². The summed E-state index contributed by atoms with van der Waals surface area (Å²) in [5, 5.41) is 0. The summed E-state index contributed by atoms with van der Waals surface area (Å²) in [4.78, 5) is 4.44. The van der Waals surface area contributed by atoms with E-state index in [-0.39, 0.29) is 0 Å². The second kappa shape index (κ2) is 2.19. The summed E-state index contributed by atoms with van der Waals surface area (Å²) in [7, 11) is 0. The van der Waals surface area contributed by atoms with Crippen LogP contribution in [0.2, 0.25) is 0 Å². The normalized spacial score (nSPS) is 15.2. The summed E-state index contributed by atoms with van der Waals surface area (Å²) in [5.74, 6) is 0. The molecule has 0 radical (unpaired) electrons. The minimum atomic E-state index is 1.08. The predicted molar refractivity (Wildman–Crippen MR) is 46.3 cm³/mol. The maximum Gasteiger partial charge on any atom is 0.0484 e. The van der Waals surface area contributed by atoms with Crippen molar-refractivity contribution >= 4 is 5.57 Å². The van der Waals surface area contributed by atoms with E-state index in [1.807, 2.05) is 6.92 Å². The molecule has 0 atom stereocenters. The number of nitrogens with zero attached hydrogens (tertiary/aromatic N) is 1. The molecular weight excluding hydrogens is 134 g/mol. The van der Waals surface area contributed by atoms with Gasteiger partial charge in [-0.3, -0.25) is 4.98 Å². The third kappa shape index (κ3) is 0.967. The van der Waals surface area contributed by atoms with Crippen LogP contribution in [0, 0.1) is 6.92 Å². The Morgan fingerprint density at radius 3 is 3.00 bits per heavy atom. The summed E-state index contributed by atoms with van der Waals surface area (Å²) < 4.78 is 0. The Bertz CT molecular complexity index is 313. The lowest BCUT2D eigenvalue weighted by Crippen LogP contribution is -1.88. The number of allylic oxidation sites excluding steroid dienone is 1. The molecule has 0 amide bonds. The predicted octanol–water partition coefficient (Wildman–Crippen LogP) is 2.35. The van der Waals surface area contributed by atoms with Crippen LogP contribution in [0.5, 0.6) is 0 Å². The van der Waals surface area contributed by atoms with E-state index in [1.165, 1.54) is 16.8 Å². The van der Waals surface area contributed by atoms with Gasteiger partial charge in [0.25, 0.3) is 0 Å². The van der Waals surface area contributed by atoms with E-state index in [1.54, 1.807) is 0 Å². The first-order chi connectivity index (χ1) is 5.27. The quantitative estimate of drug-likeness (QED) is 0.546. The van der Waals surface area contributed by atoms with Crippen molar-refractivity contribution in [1.82, 2.24) is 4.98 Å². The molecule has 56 valence electrons. The van der Waals surface area contributed by atoms with Gasteiger partial charge in [0.15, 0.2) is 0 Å². The molecule has 0 spiro atoms. The number of aryl methyl sites for hydroxylation is 2. The highest BCUT2D eigenvalue weighted by molar-refractivity contribution is 5.69. The van der Waals surface area contributed by atoms with E-state index in [0.29, 0.717) is 0 Å². The van der Waals surface area contributed by atoms with Gasteiger partial charge in [-0.2, -0.15) is 0 Å². The van der Waals surface area contributed by atoms with Crippen molar-refractivity contribution in [3.05, 3.63) is 35.7 Å². The first-order valence-corrected chi connectivity index (χ1v) is 3.92. The van der Waals surface area contributed by atoms with Gasteiger partial charge < -0.3 is 0 Å². The van der Waals surface area contributed by atoms with E-state index in [0.717, 1.165) is 18.5 Å². The molecule has 1 nitrogen and oxygen atoms in total. The zero-order chi connectivity index (χ0) is 7.84. The molecular formula is C10H11N. The second-order valence-electron chi connectivity index (χ2n) is 3.05. The molecule has 0 saturated carbocycles. The number of pyridine rings is 1. The average molecular weight is 145 g/mol. The van der Waals surface area contributed by atoms with E-state index in [9.17, 15) is 0 Å². The molecule has 1 aliphatic carbocycles. The molecule has 2 rings (SSSR count). The highest BCUT2D eigenvalue weighted by Gasteiger charge is 2.14. The van der Waals surface area contributed by atoms with Crippen LogP contribution >= 0.6 is 0 Å². The highest BCUT2D eigenvalue weighted by atomic mass is 14.7. The largest absolute Gasteiger partial charge is 0.258 e. The highest BCUT2D eigenvalue weighted by Crippen LogP contribution is 2.28. The Labute approximate surface area is 66.8 Å². The second-order valence-corrected chi connectivity index (χ2v) is 3.05. The smallest absolute Gasteiger partial charge is 0.0484 e. The van der Waals surface area contributed by atoms with E-state index < -0.39 is 0 Å². The van der Waals surface area contributed by atoms with E-state index >= 15 is 0 Å². The van der Waals surface area contributed by atoms with E-state index in [4.69, 9.17) is 0 Å². The van der Waals surface area contributed by atoms with Crippen LogP contribution in [0.4, 0.5) is 0 Å². The van der Waals surface area contributed by atoms with Crippen molar-refractivity contribution < 1.29 is 0 Å². The van der Waals surface area contributed by atoms with Crippen LogP contribution in [-0.4, -0.2) is 4.98 Å². The van der Waals surface area contributed by atoms with Gasteiger partial charge >= 0.3 is 0 Å². The maximum atomic E-state index is 4.44. The van der Waals surface area contributed by atoms with Crippen molar-refractivity contribution in [2.75, 3.05) is 0 Å². The SMILES string of the molecule is C=C1CCc2nc(C)ccc21. The molecule has 11 heavy (non-hydrogen) atoms. The Kier molecular flexibility index (Phi) is 1.31. The molecule has 0 bridgehead atoms. The van der Waals surface area contributed by atoms with Gasteiger partial charge in [-0.05, 0) is 37.0 Å². The minimum absolute atomic E-state index is 1.08. The van der Waals surface area contributed by atoms with Crippen LogP contribution in [0.25, 0.3) is 5.57 Å². The fourth-order valence-electron chi connectivity index (χ4n) is 1.53. The number of aromatic nitrogens is 1. The average Bonchev–Trinajstić information content (AvgIpc) is 2.32. The summed E-state index contributed by atoms with van der Waals surface area (Å²) in [6.07, 6.45) is 2.17. The number of hydrogen-bond donors (Lipinski definition) is 0. The molecule has 0 fully saturated rings. The number of hydrogen-bond acceptors (Lipinski definition) is 1. The monoisotopic (exact) mass is 145 g/mol. The molecule has 1 heteroatoms. The zero-order valence-electron chi connectivity index (χ0n) is 6.72. The van der Waals surface area contributed by atoms with Crippen molar-refractivity contribution in [3.8, 4) is 0 Å². The molecule has 0 unspecified atom stereocenters. The Hall–Kier alpha value is -1.11. The lowest BCUT2D eigenvalue weighted by Gasteiger charge is -1.98. The van der Waals surface area contributed by atoms with Gasteiger partial charge in [-0.25, -0.2) is 0 Å².